The van der Waals surface area contributed by atoms with Gasteiger partial charge in [-0.1, -0.05) is 0 Å². The number of hydrogen-bond donors (Lipinski definition) is 1. The van der Waals surface area contributed by atoms with Gasteiger partial charge in [-0.05, 0) is 68.9 Å². The molecule has 5 rings (SSSR count). The monoisotopic (exact) mass is 351 g/mol. The van der Waals surface area contributed by atoms with Crippen molar-refractivity contribution in [3.05, 3.63) is 46.1 Å². The van der Waals surface area contributed by atoms with Crippen LogP contribution < -0.4 is 10.9 Å². The maximum absolute atomic E-state index is 12.2. The Morgan fingerprint density at radius 2 is 1.58 bits per heavy atom. The molecule has 2 aromatic rings. The van der Waals surface area contributed by atoms with E-state index in [9.17, 15) is 4.79 Å². The van der Waals surface area contributed by atoms with Gasteiger partial charge < -0.3 is 5.32 Å². The third-order valence-electron chi connectivity index (χ3n) is 5.94. The number of hydrogen-bond acceptors (Lipinski definition) is 5. The van der Waals surface area contributed by atoms with E-state index >= 15 is 0 Å². The molecule has 3 aliphatic carbocycles. The Bertz CT molecular complexity index is 830. The fourth-order valence-electron chi connectivity index (χ4n) is 3.99. The van der Waals surface area contributed by atoms with Gasteiger partial charge in [0.15, 0.2) is 0 Å². The summed E-state index contributed by atoms with van der Waals surface area (Å²) in [6.45, 7) is 0. The second-order valence-electron chi connectivity index (χ2n) is 8.08. The van der Waals surface area contributed by atoms with Crippen molar-refractivity contribution in [2.75, 3.05) is 5.32 Å². The smallest absolute Gasteiger partial charge is 0.267 e. The van der Waals surface area contributed by atoms with Gasteiger partial charge in [-0.3, -0.25) is 4.79 Å². The molecule has 2 aromatic heterocycles. The lowest BCUT2D eigenvalue weighted by molar-refractivity contribution is 0.301. The van der Waals surface area contributed by atoms with Crippen LogP contribution in [0.25, 0.3) is 0 Å². The van der Waals surface area contributed by atoms with E-state index in [2.05, 4.69) is 20.4 Å². The molecule has 0 amide bonds. The van der Waals surface area contributed by atoms with Gasteiger partial charge in [-0.2, -0.15) is 5.10 Å². The summed E-state index contributed by atoms with van der Waals surface area (Å²) in [5.74, 6) is 2.00. The second-order valence-corrected chi connectivity index (χ2v) is 8.08. The van der Waals surface area contributed by atoms with E-state index in [4.69, 9.17) is 0 Å². The maximum atomic E-state index is 12.2. The average Bonchev–Trinajstić information content (AvgIpc) is 3.57. The third-order valence-corrected chi connectivity index (χ3v) is 5.94. The summed E-state index contributed by atoms with van der Waals surface area (Å²) in [5.41, 5.74) is 2.39. The second kappa shape index (κ2) is 6.49. The number of nitrogens with one attached hydrogen (secondary N) is 1. The first-order valence-electron chi connectivity index (χ1n) is 9.94. The lowest BCUT2D eigenvalue weighted by Gasteiger charge is -2.29. The minimum atomic E-state index is 0.0322. The summed E-state index contributed by atoms with van der Waals surface area (Å²) < 4.78 is 1.74. The Morgan fingerprint density at radius 1 is 0.885 bits per heavy atom. The first kappa shape index (κ1) is 16.0. The molecule has 3 saturated carbocycles. The van der Waals surface area contributed by atoms with Crippen molar-refractivity contribution >= 4 is 5.95 Å². The maximum Gasteiger partial charge on any atom is 0.267 e. The van der Waals surface area contributed by atoms with Gasteiger partial charge in [-0.25, -0.2) is 14.6 Å². The standard InChI is InChI=1S/C20H25N5O/c26-19-10-9-18(14-3-4-14)24-25(19)17-7-5-16(6-8-17)23-20-21-11-15(12-22-20)13-1-2-13/h9-14,16-17H,1-8H2,(H,21,22,23). The molecule has 0 spiro atoms. The van der Waals surface area contributed by atoms with Crippen LogP contribution >= 0.6 is 0 Å². The lowest BCUT2D eigenvalue weighted by atomic mass is 9.91. The van der Waals surface area contributed by atoms with Crippen LogP contribution in [0.3, 0.4) is 0 Å². The highest BCUT2D eigenvalue weighted by molar-refractivity contribution is 5.29. The van der Waals surface area contributed by atoms with Gasteiger partial charge in [0.2, 0.25) is 5.95 Å². The summed E-state index contributed by atoms with van der Waals surface area (Å²) in [6.07, 6.45) is 12.9. The highest BCUT2D eigenvalue weighted by Crippen LogP contribution is 2.40. The summed E-state index contributed by atoms with van der Waals surface area (Å²) >= 11 is 0. The summed E-state index contributed by atoms with van der Waals surface area (Å²) in [7, 11) is 0. The van der Waals surface area contributed by atoms with Gasteiger partial charge in [0, 0.05) is 30.4 Å². The van der Waals surface area contributed by atoms with E-state index < -0.39 is 0 Å². The van der Waals surface area contributed by atoms with Crippen molar-refractivity contribution in [3.63, 3.8) is 0 Å². The minimum absolute atomic E-state index is 0.0322. The molecule has 6 nitrogen and oxygen atoms in total. The highest BCUT2D eigenvalue weighted by atomic mass is 16.1. The van der Waals surface area contributed by atoms with E-state index in [0.717, 1.165) is 37.3 Å². The Hall–Kier alpha value is -2.24. The summed E-state index contributed by atoms with van der Waals surface area (Å²) in [4.78, 5) is 21.2. The van der Waals surface area contributed by atoms with E-state index in [-0.39, 0.29) is 11.6 Å². The average molecular weight is 351 g/mol. The van der Waals surface area contributed by atoms with Crippen molar-refractivity contribution < 1.29 is 0 Å². The minimum Gasteiger partial charge on any atom is -0.351 e. The van der Waals surface area contributed by atoms with Crippen molar-refractivity contribution in [2.24, 2.45) is 0 Å². The third kappa shape index (κ3) is 3.37. The Morgan fingerprint density at radius 3 is 2.23 bits per heavy atom. The number of anilines is 1. The highest BCUT2D eigenvalue weighted by Gasteiger charge is 2.28. The van der Waals surface area contributed by atoms with Crippen LogP contribution in [-0.4, -0.2) is 25.8 Å². The molecule has 0 atom stereocenters. The molecule has 6 heteroatoms. The molecule has 0 unspecified atom stereocenters. The predicted octanol–water partition coefficient (Wildman–Crippen LogP) is 3.38. The first-order valence-corrected chi connectivity index (χ1v) is 9.94. The van der Waals surface area contributed by atoms with E-state index in [0.29, 0.717) is 17.9 Å². The van der Waals surface area contributed by atoms with Crippen LogP contribution in [0.2, 0.25) is 0 Å². The zero-order valence-electron chi connectivity index (χ0n) is 15.0. The zero-order chi connectivity index (χ0) is 17.5. The fraction of sp³-hybridized carbons (Fsp3) is 0.600. The predicted molar refractivity (Wildman–Crippen MR) is 99.4 cm³/mol. The topological polar surface area (TPSA) is 72.7 Å². The lowest BCUT2D eigenvalue weighted by Crippen LogP contribution is -2.33. The van der Waals surface area contributed by atoms with Crippen molar-refractivity contribution in [2.45, 2.75) is 75.3 Å². The molecule has 0 aliphatic heterocycles. The van der Waals surface area contributed by atoms with Crippen LogP contribution in [0.5, 0.6) is 0 Å². The molecule has 3 aliphatic rings. The van der Waals surface area contributed by atoms with Gasteiger partial charge in [-0.15, -0.1) is 0 Å². The van der Waals surface area contributed by atoms with Gasteiger partial charge in [0.25, 0.3) is 5.56 Å². The Kier molecular flexibility index (Phi) is 3.98. The summed E-state index contributed by atoms with van der Waals surface area (Å²) in [5, 5.41) is 8.12. The molecule has 2 heterocycles. The number of aromatic nitrogens is 4. The SMILES string of the molecule is O=c1ccc(C2CC2)nn1C1CCC(Nc2ncc(C3CC3)cn2)CC1. The molecule has 0 radical (unpaired) electrons. The number of nitrogens with zero attached hydrogens (tertiary/aromatic N) is 4. The molecule has 26 heavy (non-hydrogen) atoms. The van der Waals surface area contributed by atoms with Crippen LogP contribution in [0.1, 0.15) is 80.5 Å². The largest absolute Gasteiger partial charge is 0.351 e. The van der Waals surface area contributed by atoms with Crippen LogP contribution in [0.4, 0.5) is 5.95 Å². The normalized spacial score (nSPS) is 25.8. The van der Waals surface area contributed by atoms with Gasteiger partial charge >= 0.3 is 0 Å². The zero-order valence-corrected chi connectivity index (χ0v) is 15.0. The fourth-order valence-corrected chi connectivity index (χ4v) is 3.99. The molecule has 0 aromatic carbocycles. The molecule has 3 fully saturated rings. The van der Waals surface area contributed by atoms with Crippen molar-refractivity contribution in [1.29, 1.82) is 0 Å². The molecule has 0 saturated heterocycles. The van der Waals surface area contributed by atoms with E-state index in [1.165, 1.54) is 31.2 Å². The van der Waals surface area contributed by atoms with Crippen molar-refractivity contribution in [1.82, 2.24) is 19.7 Å². The van der Waals surface area contributed by atoms with Gasteiger partial charge in [0.05, 0.1) is 11.7 Å². The van der Waals surface area contributed by atoms with E-state index in [1.54, 1.807) is 10.7 Å². The van der Waals surface area contributed by atoms with Crippen molar-refractivity contribution in [3.8, 4) is 0 Å². The Balaban J connectivity index is 1.20. The van der Waals surface area contributed by atoms with E-state index in [1.807, 2.05) is 18.5 Å². The Labute approximate surface area is 153 Å². The molecular weight excluding hydrogens is 326 g/mol. The quantitative estimate of drug-likeness (QED) is 0.894. The molecule has 1 N–H and O–H groups in total. The van der Waals surface area contributed by atoms with Crippen LogP contribution in [-0.2, 0) is 0 Å². The molecule has 0 bridgehead atoms. The number of rotatable bonds is 5. The molecular formula is C20H25N5O. The first-order chi connectivity index (χ1) is 12.8. The molecule has 136 valence electrons. The summed E-state index contributed by atoms with van der Waals surface area (Å²) in [6, 6.07) is 4.20. The van der Waals surface area contributed by atoms with Crippen LogP contribution in [0.15, 0.2) is 29.3 Å². The van der Waals surface area contributed by atoms with Gasteiger partial charge in [0.1, 0.15) is 0 Å². The van der Waals surface area contributed by atoms with Crippen LogP contribution in [0, 0.1) is 0 Å².